The molecule has 68 valence electrons. The van der Waals surface area contributed by atoms with Crippen LogP contribution in [0, 0.1) is 0 Å². The van der Waals surface area contributed by atoms with Crippen LogP contribution in [-0.4, -0.2) is 29.3 Å². The molecule has 4 nitrogen and oxygen atoms in total. The second-order valence-electron chi connectivity index (χ2n) is 2.71. The van der Waals surface area contributed by atoms with Crippen LogP contribution in [0.15, 0.2) is 25.2 Å². The maximum atomic E-state index is 5.42. The summed E-state index contributed by atoms with van der Waals surface area (Å²) in [5.74, 6) is 0. The van der Waals surface area contributed by atoms with Crippen LogP contribution < -0.4 is 5.73 Å². The third kappa shape index (κ3) is 2.25. The molecular weight excluding hydrogens is 154 g/mol. The Kier molecular flexibility index (Phi) is 3.13. The first-order chi connectivity index (χ1) is 5.76. The van der Waals surface area contributed by atoms with Crippen LogP contribution in [0.3, 0.4) is 0 Å². The van der Waals surface area contributed by atoms with Crippen molar-refractivity contribution in [1.29, 1.82) is 0 Å². The van der Waals surface area contributed by atoms with E-state index in [-0.39, 0.29) is 6.10 Å². The smallest absolute Gasteiger partial charge is 0.119 e. The third-order valence-electron chi connectivity index (χ3n) is 1.61. The zero-order valence-electron chi connectivity index (χ0n) is 7.31. The maximum Gasteiger partial charge on any atom is 0.119 e. The third-order valence-corrected chi connectivity index (χ3v) is 1.61. The minimum Gasteiger partial charge on any atom is -0.333 e. The van der Waals surface area contributed by atoms with E-state index in [4.69, 9.17) is 10.6 Å². The van der Waals surface area contributed by atoms with Crippen molar-refractivity contribution in [2.24, 2.45) is 5.73 Å². The number of rotatable bonds is 4. The molecule has 4 heteroatoms. The minimum absolute atomic E-state index is 0.0550. The summed E-state index contributed by atoms with van der Waals surface area (Å²) < 4.78 is 0. The van der Waals surface area contributed by atoms with Gasteiger partial charge in [0, 0.05) is 18.9 Å². The molecule has 0 fully saturated rings. The molecule has 2 N–H and O–H groups in total. The summed E-state index contributed by atoms with van der Waals surface area (Å²) in [7, 11) is 0. The number of hydroxylamine groups is 2. The van der Waals surface area contributed by atoms with Crippen molar-refractivity contribution in [3.63, 3.8) is 0 Å². The molecule has 1 rings (SSSR count). The molecule has 1 aliphatic rings. The molecule has 0 aliphatic carbocycles. The topological polar surface area (TPSA) is 41.7 Å². The van der Waals surface area contributed by atoms with Crippen LogP contribution in [0.1, 0.15) is 6.92 Å². The Hall–Kier alpha value is -1.00. The fourth-order valence-corrected chi connectivity index (χ4v) is 0.876. The molecular formula is C8H15N3O. The highest BCUT2D eigenvalue weighted by atomic mass is 16.7. The van der Waals surface area contributed by atoms with Gasteiger partial charge >= 0.3 is 0 Å². The van der Waals surface area contributed by atoms with Gasteiger partial charge in [-0.3, -0.25) is 4.84 Å². The summed E-state index contributed by atoms with van der Waals surface area (Å²) in [6, 6.07) is 0. The quantitative estimate of drug-likeness (QED) is 0.663. The van der Waals surface area contributed by atoms with Gasteiger partial charge in [0.15, 0.2) is 0 Å². The minimum atomic E-state index is 0.0550. The normalized spacial score (nSPS) is 18.5. The molecule has 1 unspecified atom stereocenters. The Bertz CT molecular complexity index is 181. The number of hydrogen-bond acceptors (Lipinski definition) is 4. The molecule has 0 spiro atoms. The lowest BCUT2D eigenvalue weighted by Gasteiger charge is -2.21. The molecule has 12 heavy (non-hydrogen) atoms. The van der Waals surface area contributed by atoms with Gasteiger partial charge in [0.2, 0.25) is 0 Å². The average Bonchev–Trinajstić information content (AvgIpc) is 2.52. The van der Waals surface area contributed by atoms with Crippen molar-refractivity contribution in [2.75, 3.05) is 13.2 Å². The molecule has 0 radical (unpaired) electrons. The van der Waals surface area contributed by atoms with E-state index in [9.17, 15) is 0 Å². The van der Waals surface area contributed by atoms with Crippen molar-refractivity contribution in [3.05, 3.63) is 25.2 Å². The Morgan fingerprint density at radius 1 is 1.75 bits per heavy atom. The van der Waals surface area contributed by atoms with E-state index in [1.807, 2.05) is 24.2 Å². The lowest BCUT2D eigenvalue weighted by atomic mass is 10.4. The number of nitrogens with zero attached hydrogens (tertiary/aromatic N) is 2. The van der Waals surface area contributed by atoms with E-state index in [1.54, 1.807) is 11.3 Å². The van der Waals surface area contributed by atoms with Gasteiger partial charge in [-0.15, -0.1) is 0 Å². The predicted molar refractivity (Wildman–Crippen MR) is 47.5 cm³/mol. The molecule has 0 aromatic rings. The summed E-state index contributed by atoms with van der Waals surface area (Å²) in [4.78, 5) is 7.34. The largest absolute Gasteiger partial charge is 0.333 e. The summed E-state index contributed by atoms with van der Waals surface area (Å²) in [5.41, 5.74) is 5.41. The standard InChI is InChI=1S/C8H15N3O/c1-3-10-4-5-11(7-10)12-8(2)6-9/h3-5,8H,1,6-7,9H2,2H3. The van der Waals surface area contributed by atoms with Crippen LogP contribution in [-0.2, 0) is 4.84 Å². The Labute approximate surface area is 72.8 Å². The lowest BCUT2D eigenvalue weighted by Crippen LogP contribution is -2.30. The van der Waals surface area contributed by atoms with Gasteiger partial charge in [-0.2, -0.15) is 0 Å². The van der Waals surface area contributed by atoms with Crippen molar-refractivity contribution in [1.82, 2.24) is 9.96 Å². The number of nitrogens with two attached hydrogens (primary N) is 1. The van der Waals surface area contributed by atoms with Gasteiger partial charge in [0.1, 0.15) is 6.67 Å². The Morgan fingerprint density at radius 3 is 3.00 bits per heavy atom. The van der Waals surface area contributed by atoms with Crippen LogP contribution in [0.4, 0.5) is 0 Å². The van der Waals surface area contributed by atoms with Gasteiger partial charge in [-0.1, -0.05) is 6.58 Å². The molecule has 0 saturated heterocycles. The summed E-state index contributed by atoms with van der Waals surface area (Å²) in [6.45, 7) is 6.79. The van der Waals surface area contributed by atoms with Gasteiger partial charge in [-0.25, -0.2) is 5.06 Å². The van der Waals surface area contributed by atoms with Gasteiger partial charge in [-0.05, 0) is 13.1 Å². The van der Waals surface area contributed by atoms with Gasteiger partial charge in [0.25, 0.3) is 0 Å². The second kappa shape index (κ2) is 4.13. The van der Waals surface area contributed by atoms with E-state index in [1.165, 1.54) is 0 Å². The van der Waals surface area contributed by atoms with E-state index in [0.29, 0.717) is 13.2 Å². The Balaban J connectivity index is 2.29. The maximum absolute atomic E-state index is 5.42. The SMILES string of the molecule is C=CN1C=CN(OC(C)CN)C1. The fourth-order valence-electron chi connectivity index (χ4n) is 0.876. The van der Waals surface area contributed by atoms with Crippen LogP contribution in [0.5, 0.6) is 0 Å². The van der Waals surface area contributed by atoms with E-state index in [2.05, 4.69) is 6.58 Å². The van der Waals surface area contributed by atoms with Gasteiger partial charge < -0.3 is 10.6 Å². The van der Waals surface area contributed by atoms with E-state index >= 15 is 0 Å². The first-order valence-corrected chi connectivity index (χ1v) is 3.96. The highest BCUT2D eigenvalue weighted by Gasteiger charge is 2.12. The van der Waals surface area contributed by atoms with Crippen molar-refractivity contribution >= 4 is 0 Å². The van der Waals surface area contributed by atoms with Gasteiger partial charge in [0.05, 0.1) is 6.10 Å². The summed E-state index contributed by atoms with van der Waals surface area (Å²) in [5, 5.41) is 1.74. The van der Waals surface area contributed by atoms with Crippen molar-refractivity contribution < 1.29 is 4.84 Å². The molecule has 1 heterocycles. The molecule has 1 atom stereocenters. The molecule has 0 aromatic heterocycles. The second-order valence-corrected chi connectivity index (χ2v) is 2.71. The molecule has 0 aromatic carbocycles. The molecule has 0 saturated carbocycles. The monoisotopic (exact) mass is 169 g/mol. The number of hydrogen-bond donors (Lipinski definition) is 1. The van der Waals surface area contributed by atoms with Crippen molar-refractivity contribution in [3.8, 4) is 0 Å². The van der Waals surface area contributed by atoms with Crippen molar-refractivity contribution in [2.45, 2.75) is 13.0 Å². The summed E-state index contributed by atoms with van der Waals surface area (Å²) >= 11 is 0. The highest BCUT2D eigenvalue weighted by molar-refractivity contribution is 4.92. The van der Waals surface area contributed by atoms with E-state index in [0.717, 1.165) is 0 Å². The van der Waals surface area contributed by atoms with Crippen LogP contribution in [0.25, 0.3) is 0 Å². The first-order valence-electron chi connectivity index (χ1n) is 3.96. The zero-order valence-corrected chi connectivity index (χ0v) is 7.31. The summed E-state index contributed by atoms with van der Waals surface area (Å²) in [6.07, 6.45) is 5.55. The van der Waals surface area contributed by atoms with Crippen LogP contribution in [0.2, 0.25) is 0 Å². The molecule has 1 aliphatic heterocycles. The predicted octanol–water partition coefficient (Wildman–Crippen LogP) is 0.455. The fraction of sp³-hybridized carbons (Fsp3) is 0.500. The first kappa shape index (κ1) is 9.09. The average molecular weight is 169 g/mol. The highest BCUT2D eigenvalue weighted by Crippen LogP contribution is 2.08. The zero-order chi connectivity index (χ0) is 8.97. The Morgan fingerprint density at radius 2 is 2.50 bits per heavy atom. The van der Waals surface area contributed by atoms with Crippen LogP contribution >= 0.6 is 0 Å². The lowest BCUT2D eigenvalue weighted by molar-refractivity contribution is -0.159. The molecule has 0 amide bonds. The van der Waals surface area contributed by atoms with E-state index < -0.39 is 0 Å². The molecule has 0 bridgehead atoms.